The highest BCUT2D eigenvalue weighted by Crippen LogP contribution is 2.16. The van der Waals surface area contributed by atoms with Crippen molar-refractivity contribution in [3.63, 3.8) is 0 Å². The third-order valence-corrected chi connectivity index (χ3v) is 3.46. The van der Waals surface area contributed by atoms with Gasteiger partial charge in [-0.15, -0.1) is 6.58 Å². The van der Waals surface area contributed by atoms with Crippen molar-refractivity contribution in [2.45, 2.75) is 26.3 Å². The van der Waals surface area contributed by atoms with Gasteiger partial charge < -0.3 is 10.4 Å². The summed E-state index contributed by atoms with van der Waals surface area (Å²) >= 11 is 0. The highest BCUT2D eigenvalue weighted by molar-refractivity contribution is 5.25. The summed E-state index contributed by atoms with van der Waals surface area (Å²) in [6.07, 6.45) is 1.88. The molecule has 0 amide bonds. The van der Waals surface area contributed by atoms with Gasteiger partial charge in [-0.3, -0.25) is 4.90 Å². The van der Waals surface area contributed by atoms with E-state index in [1.165, 1.54) is 11.1 Å². The summed E-state index contributed by atoms with van der Waals surface area (Å²) in [4.78, 5) is 2.18. The molecular formula is C17H28N2O. The minimum Gasteiger partial charge on any atom is -0.395 e. The first kappa shape index (κ1) is 16.9. The SMILES string of the molecule is C=CCN(CCO)Cc1ccc(C(C)CNCC)cc1. The zero-order valence-electron chi connectivity index (χ0n) is 12.8. The summed E-state index contributed by atoms with van der Waals surface area (Å²) in [5.74, 6) is 0.533. The number of hydrogen-bond acceptors (Lipinski definition) is 3. The molecular weight excluding hydrogens is 248 g/mol. The van der Waals surface area contributed by atoms with Gasteiger partial charge in [0.25, 0.3) is 0 Å². The molecule has 3 nitrogen and oxygen atoms in total. The fraction of sp³-hybridized carbons (Fsp3) is 0.529. The Labute approximate surface area is 123 Å². The molecule has 0 bridgehead atoms. The van der Waals surface area contributed by atoms with E-state index < -0.39 is 0 Å². The van der Waals surface area contributed by atoms with Crippen LogP contribution in [-0.4, -0.2) is 42.8 Å². The van der Waals surface area contributed by atoms with E-state index in [0.29, 0.717) is 12.5 Å². The van der Waals surface area contributed by atoms with Crippen molar-refractivity contribution >= 4 is 0 Å². The minimum absolute atomic E-state index is 0.186. The van der Waals surface area contributed by atoms with Gasteiger partial charge in [-0.25, -0.2) is 0 Å². The van der Waals surface area contributed by atoms with Crippen LogP contribution in [0.5, 0.6) is 0 Å². The highest BCUT2D eigenvalue weighted by atomic mass is 16.3. The van der Waals surface area contributed by atoms with E-state index in [2.05, 4.69) is 54.9 Å². The Morgan fingerprint density at radius 3 is 2.60 bits per heavy atom. The van der Waals surface area contributed by atoms with E-state index in [4.69, 9.17) is 5.11 Å². The number of nitrogens with one attached hydrogen (secondary N) is 1. The molecule has 1 aromatic carbocycles. The fourth-order valence-corrected chi connectivity index (χ4v) is 2.25. The zero-order valence-corrected chi connectivity index (χ0v) is 12.8. The standard InChI is InChI=1S/C17H28N2O/c1-4-10-19(11-12-20)14-16-6-8-17(9-7-16)15(3)13-18-5-2/h4,6-9,15,18,20H,1,5,10-14H2,2-3H3. The average molecular weight is 276 g/mol. The molecule has 2 N–H and O–H groups in total. The predicted molar refractivity (Wildman–Crippen MR) is 86.0 cm³/mol. The number of hydrogen-bond donors (Lipinski definition) is 2. The molecule has 0 aliphatic carbocycles. The molecule has 3 heteroatoms. The van der Waals surface area contributed by atoms with Gasteiger partial charge in [0.2, 0.25) is 0 Å². The molecule has 0 radical (unpaired) electrons. The van der Waals surface area contributed by atoms with Crippen LogP contribution < -0.4 is 5.32 Å². The number of aliphatic hydroxyl groups is 1. The monoisotopic (exact) mass is 276 g/mol. The Balaban J connectivity index is 2.58. The summed E-state index contributed by atoms with van der Waals surface area (Å²) in [5, 5.41) is 12.4. The molecule has 0 aromatic heterocycles. The zero-order chi connectivity index (χ0) is 14.8. The van der Waals surface area contributed by atoms with Gasteiger partial charge in [-0.1, -0.05) is 44.2 Å². The van der Waals surface area contributed by atoms with Crippen LogP contribution in [0.3, 0.4) is 0 Å². The first-order chi connectivity index (χ1) is 9.71. The van der Waals surface area contributed by atoms with Crippen molar-refractivity contribution in [3.8, 4) is 0 Å². The minimum atomic E-state index is 0.186. The molecule has 0 saturated heterocycles. The summed E-state index contributed by atoms with van der Waals surface area (Å²) < 4.78 is 0. The van der Waals surface area contributed by atoms with E-state index in [1.54, 1.807) is 0 Å². The second-order valence-corrected chi connectivity index (χ2v) is 5.20. The van der Waals surface area contributed by atoms with Crippen LogP contribution in [0.1, 0.15) is 30.9 Å². The van der Waals surface area contributed by atoms with Gasteiger partial charge in [0.15, 0.2) is 0 Å². The number of rotatable bonds is 10. The second kappa shape index (κ2) is 9.70. The van der Waals surface area contributed by atoms with Crippen LogP contribution in [0.2, 0.25) is 0 Å². The molecule has 0 aliphatic heterocycles. The lowest BCUT2D eigenvalue weighted by Gasteiger charge is -2.20. The van der Waals surface area contributed by atoms with Gasteiger partial charge in [0, 0.05) is 26.2 Å². The Hall–Kier alpha value is -1.16. The summed E-state index contributed by atoms with van der Waals surface area (Å²) in [6.45, 7) is 12.7. The van der Waals surface area contributed by atoms with E-state index in [-0.39, 0.29) is 6.61 Å². The Kier molecular flexibility index (Phi) is 8.19. The van der Waals surface area contributed by atoms with Crippen LogP contribution >= 0.6 is 0 Å². The van der Waals surface area contributed by atoms with Gasteiger partial charge in [0.1, 0.15) is 0 Å². The van der Waals surface area contributed by atoms with Crippen LogP contribution in [0.4, 0.5) is 0 Å². The number of aliphatic hydroxyl groups excluding tert-OH is 1. The topological polar surface area (TPSA) is 35.5 Å². The Morgan fingerprint density at radius 1 is 1.35 bits per heavy atom. The largest absolute Gasteiger partial charge is 0.395 e. The first-order valence-electron chi connectivity index (χ1n) is 7.44. The lowest BCUT2D eigenvalue weighted by atomic mass is 9.99. The lowest BCUT2D eigenvalue weighted by Crippen LogP contribution is -2.26. The Bertz CT molecular complexity index is 375. The smallest absolute Gasteiger partial charge is 0.0558 e. The molecule has 0 aliphatic rings. The van der Waals surface area contributed by atoms with Crippen LogP contribution in [0, 0.1) is 0 Å². The number of nitrogens with zero attached hydrogens (tertiary/aromatic N) is 1. The van der Waals surface area contributed by atoms with Crippen molar-refractivity contribution in [1.82, 2.24) is 10.2 Å². The molecule has 112 valence electrons. The second-order valence-electron chi connectivity index (χ2n) is 5.20. The van der Waals surface area contributed by atoms with Crippen LogP contribution in [0.25, 0.3) is 0 Å². The van der Waals surface area contributed by atoms with Crippen molar-refractivity contribution in [1.29, 1.82) is 0 Å². The molecule has 1 rings (SSSR count). The molecule has 1 unspecified atom stereocenters. The number of benzene rings is 1. The normalized spacial score (nSPS) is 12.6. The van der Waals surface area contributed by atoms with E-state index in [1.807, 2.05) is 6.08 Å². The summed E-state index contributed by atoms with van der Waals surface area (Å²) in [5.41, 5.74) is 2.65. The van der Waals surface area contributed by atoms with Gasteiger partial charge in [0.05, 0.1) is 6.61 Å². The van der Waals surface area contributed by atoms with Crippen LogP contribution in [0.15, 0.2) is 36.9 Å². The fourth-order valence-electron chi connectivity index (χ4n) is 2.25. The van der Waals surface area contributed by atoms with Crippen molar-refractivity contribution in [2.24, 2.45) is 0 Å². The van der Waals surface area contributed by atoms with Gasteiger partial charge in [-0.2, -0.15) is 0 Å². The summed E-state index contributed by atoms with van der Waals surface area (Å²) in [6, 6.07) is 8.79. The van der Waals surface area contributed by atoms with Gasteiger partial charge >= 0.3 is 0 Å². The molecule has 1 aromatic rings. The van der Waals surface area contributed by atoms with Crippen molar-refractivity contribution in [2.75, 3.05) is 32.8 Å². The average Bonchev–Trinajstić information content (AvgIpc) is 2.46. The number of likely N-dealkylation sites (N-methyl/N-ethyl adjacent to an activating group) is 1. The van der Waals surface area contributed by atoms with E-state index >= 15 is 0 Å². The predicted octanol–water partition coefficient (Wildman–Crippen LogP) is 2.38. The molecule has 0 heterocycles. The molecule has 0 spiro atoms. The third kappa shape index (κ3) is 5.87. The molecule has 1 atom stereocenters. The maximum absolute atomic E-state index is 9.06. The summed E-state index contributed by atoms with van der Waals surface area (Å²) in [7, 11) is 0. The van der Waals surface area contributed by atoms with Crippen molar-refractivity contribution < 1.29 is 5.11 Å². The van der Waals surface area contributed by atoms with Crippen LogP contribution in [-0.2, 0) is 6.54 Å². The maximum atomic E-state index is 9.06. The highest BCUT2D eigenvalue weighted by Gasteiger charge is 2.06. The molecule has 20 heavy (non-hydrogen) atoms. The van der Waals surface area contributed by atoms with Crippen molar-refractivity contribution in [3.05, 3.63) is 48.0 Å². The first-order valence-corrected chi connectivity index (χ1v) is 7.44. The molecule has 0 saturated carbocycles. The van der Waals surface area contributed by atoms with E-state index in [0.717, 1.165) is 26.2 Å². The Morgan fingerprint density at radius 2 is 2.05 bits per heavy atom. The molecule has 0 fully saturated rings. The lowest BCUT2D eigenvalue weighted by molar-refractivity contribution is 0.203. The quantitative estimate of drug-likeness (QED) is 0.644. The third-order valence-electron chi connectivity index (χ3n) is 3.46. The maximum Gasteiger partial charge on any atom is 0.0558 e. The van der Waals surface area contributed by atoms with Gasteiger partial charge in [-0.05, 0) is 23.6 Å². The van der Waals surface area contributed by atoms with E-state index in [9.17, 15) is 0 Å².